The third kappa shape index (κ3) is 2.29. The molecule has 0 unspecified atom stereocenters. The minimum atomic E-state index is 0.221. The van der Waals surface area contributed by atoms with Gasteiger partial charge in [-0.2, -0.15) is 0 Å². The Hall–Kier alpha value is -1.74. The molecule has 1 aliphatic carbocycles. The van der Waals surface area contributed by atoms with Crippen molar-refractivity contribution >= 4 is 0 Å². The van der Waals surface area contributed by atoms with E-state index in [1.54, 1.807) is 6.26 Å². The van der Waals surface area contributed by atoms with E-state index in [2.05, 4.69) is 30.9 Å². The van der Waals surface area contributed by atoms with Gasteiger partial charge >= 0.3 is 0 Å². The molecule has 4 rings (SSSR count). The molecule has 1 saturated heterocycles. The second-order valence-corrected chi connectivity index (χ2v) is 7.49. The van der Waals surface area contributed by atoms with Gasteiger partial charge in [-0.1, -0.05) is 26.3 Å². The number of aromatic hydroxyl groups is 1. The molecule has 1 N–H and O–H groups in total. The zero-order valence-corrected chi connectivity index (χ0v) is 14.7. The fourth-order valence-corrected chi connectivity index (χ4v) is 5.46. The van der Waals surface area contributed by atoms with Gasteiger partial charge in [0.15, 0.2) is 0 Å². The summed E-state index contributed by atoms with van der Waals surface area (Å²) in [5, 5.41) is 10.1. The summed E-state index contributed by atoms with van der Waals surface area (Å²) in [5.74, 6) is 1.06. The van der Waals surface area contributed by atoms with E-state index in [0.29, 0.717) is 17.7 Å². The Bertz CT molecular complexity index is 709. The number of nitrogens with zero attached hydrogens (tertiary/aromatic N) is 1. The molecule has 128 valence electrons. The van der Waals surface area contributed by atoms with E-state index < -0.39 is 0 Å². The van der Waals surface area contributed by atoms with Crippen LogP contribution < -0.4 is 0 Å². The van der Waals surface area contributed by atoms with E-state index in [-0.39, 0.29) is 5.41 Å². The van der Waals surface area contributed by atoms with Crippen LogP contribution in [0, 0.1) is 5.92 Å². The number of furan rings is 1. The van der Waals surface area contributed by atoms with Gasteiger partial charge in [-0.25, -0.2) is 0 Å². The Labute approximate surface area is 144 Å². The van der Waals surface area contributed by atoms with Crippen LogP contribution >= 0.6 is 0 Å². The molecule has 0 saturated carbocycles. The predicted molar refractivity (Wildman–Crippen MR) is 95.1 cm³/mol. The van der Waals surface area contributed by atoms with Crippen molar-refractivity contribution in [1.82, 2.24) is 4.90 Å². The first-order chi connectivity index (χ1) is 11.7. The Morgan fingerprint density at radius 1 is 1.29 bits per heavy atom. The second-order valence-electron chi connectivity index (χ2n) is 7.49. The Morgan fingerprint density at radius 3 is 2.88 bits per heavy atom. The average Bonchev–Trinajstić information content (AvgIpc) is 3.10. The number of hydrogen-bond donors (Lipinski definition) is 1. The molecule has 3 heteroatoms. The predicted octanol–water partition coefficient (Wildman–Crippen LogP) is 4.49. The Morgan fingerprint density at radius 2 is 2.17 bits per heavy atom. The molecule has 3 nitrogen and oxygen atoms in total. The quantitative estimate of drug-likeness (QED) is 0.900. The molecule has 0 spiro atoms. The molecule has 2 heterocycles. The van der Waals surface area contributed by atoms with Crippen molar-refractivity contribution in [2.45, 2.75) is 57.5 Å². The number of benzene rings is 1. The molecule has 3 atom stereocenters. The number of phenols is 1. The summed E-state index contributed by atoms with van der Waals surface area (Å²) in [6.07, 6.45) is 8.25. The van der Waals surface area contributed by atoms with Gasteiger partial charge in [0.25, 0.3) is 0 Å². The first-order valence-corrected chi connectivity index (χ1v) is 9.25. The van der Waals surface area contributed by atoms with E-state index >= 15 is 0 Å². The fraction of sp³-hybridized carbons (Fsp3) is 0.524. The summed E-state index contributed by atoms with van der Waals surface area (Å²) < 4.78 is 5.27. The maximum absolute atomic E-state index is 10.1. The van der Waals surface area contributed by atoms with Gasteiger partial charge in [0.1, 0.15) is 5.75 Å². The zero-order chi connectivity index (χ0) is 16.7. The maximum Gasteiger partial charge on any atom is 0.115 e. The summed E-state index contributed by atoms with van der Waals surface area (Å²) in [4.78, 5) is 2.66. The molecule has 2 aliphatic rings. The van der Waals surface area contributed by atoms with Crippen LogP contribution in [-0.2, 0) is 18.4 Å². The monoisotopic (exact) mass is 325 g/mol. The van der Waals surface area contributed by atoms with E-state index in [1.165, 1.54) is 29.5 Å². The van der Waals surface area contributed by atoms with Crippen LogP contribution in [0.3, 0.4) is 0 Å². The molecule has 2 aromatic rings. The van der Waals surface area contributed by atoms with Crippen molar-refractivity contribution in [2.75, 3.05) is 6.54 Å². The third-order valence-corrected chi connectivity index (χ3v) is 6.58. The smallest absolute Gasteiger partial charge is 0.115 e. The third-order valence-electron chi connectivity index (χ3n) is 6.58. The first kappa shape index (κ1) is 15.8. The molecule has 1 aromatic carbocycles. The van der Waals surface area contributed by atoms with E-state index in [9.17, 15) is 5.11 Å². The van der Waals surface area contributed by atoms with Gasteiger partial charge in [0.2, 0.25) is 0 Å². The van der Waals surface area contributed by atoms with Gasteiger partial charge in [-0.3, -0.25) is 4.90 Å². The van der Waals surface area contributed by atoms with Gasteiger partial charge in [-0.05, 0) is 61.1 Å². The molecular formula is C21H27NO2. The number of likely N-dealkylation sites (tertiary alicyclic amines) is 1. The van der Waals surface area contributed by atoms with Crippen molar-refractivity contribution < 1.29 is 9.52 Å². The lowest BCUT2D eigenvalue weighted by Crippen LogP contribution is -2.59. The van der Waals surface area contributed by atoms with Crippen LogP contribution in [0.1, 0.15) is 49.8 Å². The highest BCUT2D eigenvalue weighted by molar-refractivity contribution is 5.44. The molecule has 1 aliphatic heterocycles. The van der Waals surface area contributed by atoms with E-state index in [0.717, 1.165) is 25.9 Å². The van der Waals surface area contributed by atoms with Crippen molar-refractivity contribution in [3.8, 4) is 5.75 Å². The normalized spacial score (nSPS) is 29.4. The number of hydrogen-bond acceptors (Lipinski definition) is 3. The molecule has 24 heavy (non-hydrogen) atoms. The van der Waals surface area contributed by atoms with Gasteiger partial charge < -0.3 is 9.52 Å². The molecule has 2 bridgehead atoms. The Kier molecular flexibility index (Phi) is 3.92. The summed E-state index contributed by atoms with van der Waals surface area (Å²) in [5.41, 5.74) is 4.33. The molecule has 1 fully saturated rings. The lowest BCUT2D eigenvalue weighted by atomic mass is 9.55. The highest BCUT2D eigenvalue weighted by atomic mass is 16.3. The SMILES string of the molecule is CC[C@H]1[C@@H]2Cc3ccc(O)cc3[C@@]1(CC)CCN2Cc1ccoc1. The lowest BCUT2D eigenvalue weighted by molar-refractivity contribution is 0.00411. The largest absolute Gasteiger partial charge is 0.508 e. The number of piperidine rings is 1. The summed E-state index contributed by atoms with van der Waals surface area (Å²) in [6.45, 7) is 6.75. The number of phenolic OH excluding ortho intramolecular Hbond substituents is 1. The van der Waals surface area contributed by atoms with Gasteiger partial charge in [-0.15, -0.1) is 0 Å². The number of rotatable bonds is 4. The van der Waals surface area contributed by atoms with Crippen LogP contribution in [0.15, 0.2) is 41.2 Å². The lowest BCUT2D eigenvalue weighted by Gasteiger charge is -2.57. The summed E-state index contributed by atoms with van der Waals surface area (Å²) >= 11 is 0. The minimum Gasteiger partial charge on any atom is -0.508 e. The molecular weight excluding hydrogens is 298 g/mol. The maximum atomic E-state index is 10.1. The van der Waals surface area contributed by atoms with Crippen LogP contribution in [0.4, 0.5) is 0 Å². The molecule has 1 aromatic heterocycles. The van der Waals surface area contributed by atoms with Crippen LogP contribution in [0.2, 0.25) is 0 Å². The second kappa shape index (κ2) is 5.96. The van der Waals surface area contributed by atoms with Gasteiger partial charge in [0, 0.05) is 23.6 Å². The van der Waals surface area contributed by atoms with Crippen molar-refractivity contribution in [2.24, 2.45) is 5.92 Å². The first-order valence-electron chi connectivity index (χ1n) is 9.25. The van der Waals surface area contributed by atoms with E-state index in [1.807, 2.05) is 18.4 Å². The van der Waals surface area contributed by atoms with Crippen LogP contribution in [0.25, 0.3) is 0 Å². The highest BCUT2D eigenvalue weighted by Crippen LogP contribution is 2.52. The zero-order valence-electron chi connectivity index (χ0n) is 14.7. The fourth-order valence-electron chi connectivity index (χ4n) is 5.46. The summed E-state index contributed by atoms with van der Waals surface area (Å²) in [6, 6.07) is 8.71. The van der Waals surface area contributed by atoms with Crippen molar-refractivity contribution in [3.05, 3.63) is 53.5 Å². The molecule has 0 radical (unpaired) electrons. The summed E-state index contributed by atoms with van der Waals surface area (Å²) in [7, 11) is 0. The Balaban J connectivity index is 1.74. The highest BCUT2D eigenvalue weighted by Gasteiger charge is 2.51. The van der Waals surface area contributed by atoms with Crippen molar-refractivity contribution in [1.29, 1.82) is 0 Å². The minimum absolute atomic E-state index is 0.221. The van der Waals surface area contributed by atoms with Crippen LogP contribution in [-0.4, -0.2) is 22.6 Å². The van der Waals surface area contributed by atoms with E-state index in [4.69, 9.17) is 4.42 Å². The van der Waals surface area contributed by atoms with Crippen molar-refractivity contribution in [3.63, 3.8) is 0 Å². The number of fused-ring (bicyclic) bond motifs is 4. The van der Waals surface area contributed by atoms with Crippen LogP contribution in [0.5, 0.6) is 5.75 Å². The standard InChI is InChI=1S/C21H27NO2/c1-3-18-20-11-16-5-6-17(23)12-19(16)21(18,4-2)8-9-22(20)13-15-7-10-24-14-15/h5-7,10,12,14,18,20,23H,3-4,8-9,11,13H2,1-2H3/t18-,20-,21-/m0/s1. The topological polar surface area (TPSA) is 36.6 Å². The average molecular weight is 325 g/mol. The molecule has 0 amide bonds. The van der Waals surface area contributed by atoms with Gasteiger partial charge in [0.05, 0.1) is 12.5 Å².